The predicted octanol–water partition coefficient (Wildman–Crippen LogP) is 3.48. The minimum Gasteiger partial charge on any atom is -0.478 e. The van der Waals surface area contributed by atoms with Crippen molar-refractivity contribution in [2.45, 2.75) is 20.3 Å². The van der Waals surface area contributed by atoms with Gasteiger partial charge in [0, 0.05) is 37.4 Å². The van der Waals surface area contributed by atoms with Gasteiger partial charge in [0.25, 0.3) is 5.91 Å². The van der Waals surface area contributed by atoms with Gasteiger partial charge >= 0.3 is 5.97 Å². The molecule has 3 rings (SSSR count). The summed E-state index contributed by atoms with van der Waals surface area (Å²) in [6.45, 7) is 8.57. The van der Waals surface area contributed by atoms with E-state index in [0.29, 0.717) is 16.9 Å². The van der Waals surface area contributed by atoms with E-state index in [1.54, 1.807) is 24.3 Å². The SMILES string of the molecule is CCCN1CCN(c2ccc(NC(=O)c3ccccc3C)cc2C(=O)O)CC1. The number of benzene rings is 2. The Morgan fingerprint density at radius 1 is 1.04 bits per heavy atom. The molecule has 1 saturated heterocycles. The van der Waals surface area contributed by atoms with Crippen LogP contribution in [0.3, 0.4) is 0 Å². The third kappa shape index (κ3) is 4.51. The summed E-state index contributed by atoms with van der Waals surface area (Å²) in [6, 6.07) is 12.4. The van der Waals surface area contributed by atoms with Crippen LogP contribution in [0.4, 0.5) is 11.4 Å². The van der Waals surface area contributed by atoms with E-state index in [4.69, 9.17) is 0 Å². The first-order valence-electron chi connectivity index (χ1n) is 9.71. The lowest BCUT2D eigenvalue weighted by Gasteiger charge is -2.36. The van der Waals surface area contributed by atoms with Gasteiger partial charge in [0.1, 0.15) is 0 Å². The van der Waals surface area contributed by atoms with Gasteiger partial charge in [-0.05, 0) is 49.7 Å². The van der Waals surface area contributed by atoms with Gasteiger partial charge in [0.15, 0.2) is 0 Å². The van der Waals surface area contributed by atoms with E-state index >= 15 is 0 Å². The van der Waals surface area contributed by atoms with E-state index in [1.165, 1.54) is 0 Å². The van der Waals surface area contributed by atoms with Crippen LogP contribution >= 0.6 is 0 Å². The number of nitrogens with one attached hydrogen (secondary N) is 1. The molecule has 1 fully saturated rings. The molecule has 2 N–H and O–H groups in total. The second-order valence-corrected chi connectivity index (χ2v) is 7.13. The Morgan fingerprint density at radius 3 is 2.39 bits per heavy atom. The summed E-state index contributed by atoms with van der Waals surface area (Å²) in [5.74, 6) is -1.23. The molecule has 0 unspecified atom stereocenters. The molecule has 1 heterocycles. The molecule has 28 heavy (non-hydrogen) atoms. The summed E-state index contributed by atoms with van der Waals surface area (Å²) in [6.07, 6.45) is 1.12. The van der Waals surface area contributed by atoms with E-state index in [1.807, 2.05) is 25.1 Å². The standard InChI is InChI=1S/C22H27N3O3/c1-3-10-24-11-13-25(14-12-24)20-9-8-17(15-19(20)22(27)28)23-21(26)18-7-5-4-6-16(18)2/h4-9,15H,3,10-14H2,1-2H3,(H,23,26)(H,27,28). The molecule has 2 aromatic carbocycles. The predicted molar refractivity (Wildman–Crippen MR) is 111 cm³/mol. The van der Waals surface area contributed by atoms with Crippen molar-refractivity contribution in [2.75, 3.05) is 42.9 Å². The minimum absolute atomic E-state index is 0.214. The summed E-state index contributed by atoms with van der Waals surface area (Å²) in [5, 5.41) is 12.5. The van der Waals surface area contributed by atoms with Crippen molar-refractivity contribution in [1.82, 2.24) is 4.90 Å². The van der Waals surface area contributed by atoms with E-state index in [2.05, 4.69) is 22.0 Å². The van der Waals surface area contributed by atoms with Crippen LogP contribution in [0.2, 0.25) is 0 Å². The Hall–Kier alpha value is -2.86. The molecule has 1 aliphatic heterocycles. The number of hydrogen-bond donors (Lipinski definition) is 2. The number of rotatable bonds is 6. The smallest absolute Gasteiger partial charge is 0.337 e. The number of carboxylic acid groups (broad SMARTS) is 1. The number of hydrogen-bond acceptors (Lipinski definition) is 4. The zero-order chi connectivity index (χ0) is 20.1. The van der Waals surface area contributed by atoms with Gasteiger partial charge in [-0.15, -0.1) is 0 Å². The summed E-state index contributed by atoms with van der Waals surface area (Å²) < 4.78 is 0. The quantitative estimate of drug-likeness (QED) is 0.801. The normalized spacial score (nSPS) is 14.7. The Balaban J connectivity index is 1.77. The number of carboxylic acids is 1. The molecule has 0 radical (unpaired) electrons. The molecule has 1 aliphatic rings. The van der Waals surface area contributed by atoms with Crippen molar-refractivity contribution in [3.63, 3.8) is 0 Å². The molecular formula is C22H27N3O3. The van der Waals surface area contributed by atoms with E-state index < -0.39 is 5.97 Å². The lowest BCUT2D eigenvalue weighted by Crippen LogP contribution is -2.47. The largest absolute Gasteiger partial charge is 0.478 e. The van der Waals surface area contributed by atoms with Crippen LogP contribution in [0.5, 0.6) is 0 Å². The fourth-order valence-corrected chi connectivity index (χ4v) is 3.62. The summed E-state index contributed by atoms with van der Waals surface area (Å²) in [4.78, 5) is 28.9. The molecule has 6 heteroatoms. The molecule has 148 valence electrons. The number of aryl methyl sites for hydroxylation is 1. The van der Waals surface area contributed by atoms with Gasteiger partial charge in [-0.2, -0.15) is 0 Å². The van der Waals surface area contributed by atoms with Gasteiger partial charge in [-0.25, -0.2) is 4.79 Å². The lowest BCUT2D eigenvalue weighted by atomic mass is 10.1. The highest BCUT2D eigenvalue weighted by molar-refractivity contribution is 6.06. The highest BCUT2D eigenvalue weighted by atomic mass is 16.4. The minimum atomic E-state index is -0.988. The first kappa shape index (κ1) is 19.9. The molecule has 1 amide bonds. The first-order chi connectivity index (χ1) is 13.5. The van der Waals surface area contributed by atoms with E-state index in [-0.39, 0.29) is 11.5 Å². The highest BCUT2D eigenvalue weighted by Crippen LogP contribution is 2.26. The van der Waals surface area contributed by atoms with Crippen molar-refractivity contribution < 1.29 is 14.7 Å². The van der Waals surface area contributed by atoms with Crippen LogP contribution < -0.4 is 10.2 Å². The number of carbonyl (C=O) groups is 2. The Bertz CT molecular complexity index is 858. The maximum atomic E-state index is 12.5. The maximum absolute atomic E-state index is 12.5. The number of anilines is 2. The second-order valence-electron chi connectivity index (χ2n) is 7.13. The van der Waals surface area contributed by atoms with Crippen LogP contribution in [-0.4, -0.2) is 54.6 Å². The molecule has 2 aromatic rings. The third-order valence-electron chi connectivity index (χ3n) is 5.13. The van der Waals surface area contributed by atoms with Gasteiger partial charge in [-0.3, -0.25) is 9.69 Å². The van der Waals surface area contributed by atoms with Gasteiger partial charge < -0.3 is 15.3 Å². The van der Waals surface area contributed by atoms with Crippen LogP contribution in [-0.2, 0) is 0 Å². The Kier molecular flexibility index (Phi) is 6.31. The number of piperazine rings is 1. The number of nitrogens with zero attached hydrogens (tertiary/aromatic N) is 2. The highest BCUT2D eigenvalue weighted by Gasteiger charge is 2.22. The maximum Gasteiger partial charge on any atom is 0.337 e. The fraction of sp³-hybridized carbons (Fsp3) is 0.364. The van der Waals surface area contributed by atoms with Crippen LogP contribution in [0, 0.1) is 6.92 Å². The zero-order valence-electron chi connectivity index (χ0n) is 16.4. The van der Waals surface area contributed by atoms with Gasteiger partial charge in [0.2, 0.25) is 0 Å². The average molecular weight is 381 g/mol. The van der Waals surface area contributed by atoms with Crippen molar-refractivity contribution in [3.8, 4) is 0 Å². The Morgan fingerprint density at radius 2 is 1.75 bits per heavy atom. The van der Waals surface area contributed by atoms with Crippen LogP contribution in [0.1, 0.15) is 39.6 Å². The molecule has 6 nitrogen and oxygen atoms in total. The zero-order valence-corrected chi connectivity index (χ0v) is 16.4. The molecule has 0 atom stereocenters. The van der Waals surface area contributed by atoms with Gasteiger partial charge in [0.05, 0.1) is 11.3 Å². The van der Waals surface area contributed by atoms with Crippen molar-refractivity contribution in [2.24, 2.45) is 0 Å². The average Bonchev–Trinajstić information content (AvgIpc) is 2.69. The number of carbonyl (C=O) groups excluding carboxylic acids is 1. The molecule has 0 aromatic heterocycles. The second kappa shape index (κ2) is 8.89. The monoisotopic (exact) mass is 381 g/mol. The molecule has 0 bridgehead atoms. The van der Waals surface area contributed by atoms with Crippen molar-refractivity contribution in [1.29, 1.82) is 0 Å². The van der Waals surface area contributed by atoms with E-state index in [9.17, 15) is 14.7 Å². The van der Waals surface area contributed by atoms with E-state index in [0.717, 1.165) is 44.7 Å². The number of amides is 1. The lowest BCUT2D eigenvalue weighted by molar-refractivity contribution is 0.0697. The van der Waals surface area contributed by atoms with Crippen molar-refractivity contribution in [3.05, 3.63) is 59.2 Å². The van der Waals surface area contributed by atoms with Gasteiger partial charge in [-0.1, -0.05) is 25.1 Å². The topological polar surface area (TPSA) is 72.9 Å². The molecule has 0 saturated carbocycles. The third-order valence-corrected chi connectivity index (χ3v) is 5.13. The Labute approximate surface area is 165 Å². The summed E-state index contributed by atoms with van der Waals surface area (Å²) in [7, 11) is 0. The molecule has 0 spiro atoms. The van der Waals surface area contributed by atoms with Crippen molar-refractivity contribution >= 4 is 23.3 Å². The number of aromatic carboxylic acids is 1. The first-order valence-corrected chi connectivity index (χ1v) is 9.71. The summed E-state index contributed by atoms with van der Waals surface area (Å²) in [5.41, 5.74) is 2.86. The fourth-order valence-electron chi connectivity index (χ4n) is 3.62. The van der Waals surface area contributed by atoms with Crippen LogP contribution in [0.25, 0.3) is 0 Å². The molecule has 0 aliphatic carbocycles. The van der Waals surface area contributed by atoms with Crippen LogP contribution in [0.15, 0.2) is 42.5 Å². The summed E-state index contributed by atoms with van der Waals surface area (Å²) >= 11 is 0. The molecular weight excluding hydrogens is 354 g/mol.